The number of anilines is 1. The van der Waals surface area contributed by atoms with E-state index in [9.17, 15) is 0 Å². The quantitative estimate of drug-likeness (QED) is 0.790. The van der Waals surface area contributed by atoms with Crippen LogP contribution in [0.4, 0.5) is 5.69 Å². The fourth-order valence-electron chi connectivity index (χ4n) is 2.90. The molecule has 1 fully saturated rings. The molecule has 100 valence electrons. The zero-order chi connectivity index (χ0) is 13.1. The first kappa shape index (κ1) is 13.9. The maximum Gasteiger partial charge on any atom is 0.0489 e. The molecular weight excluding hydrogens is 286 g/mol. The molecular formula is C16H24BrN. The Morgan fingerprint density at radius 3 is 2.44 bits per heavy atom. The average molecular weight is 310 g/mol. The highest BCUT2D eigenvalue weighted by Gasteiger charge is 2.23. The Hall–Kier alpha value is -0.500. The summed E-state index contributed by atoms with van der Waals surface area (Å²) in [6.07, 6.45) is 5.37. The molecule has 2 heteroatoms. The molecule has 0 aromatic heterocycles. The number of hydrogen-bond donors (Lipinski definition) is 1. The van der Waals surface area contributed by atoms with Crippen LogP contribution in [-0.4, -0.2) is 6.04 Å². The molecule has 0 aliphatic heterocycles. The van der Waals surface area contributed by atoms with Crippen molar-refractivity contribution >= 4 is 21.6 Å². The van der Waals surface area contributed by atoms with Gasteiger partial charge < -0.3 is 5.32 Å². The highest BCUT2D eigenvalue weighted by Crippen LogP contribution is 2.33. The molecule has 1 nitrogen and oxygen atoms in total. The maximum atomic E-state index is 3.70. The van der Waals surface area contributed by atoms with Gasteiger partial charge in [-0.2, -0.15) is 0 Å². The van der Waals surface area contributed by atoms with E-state index in [0.717, 1.165) is 11.8 Å². The molecule has 1 aromatic carbocycles. The molecule has 0 atom stereocenters. The molecule has 0 amide bonds. The summed E-state index contributed by atoms with van der Waals surface area (Å²) in [5.41, 5.74) is 2.57. The molecule has 0 bridgehead atoms. The van der Waals surface area contributed by atoms with Crippen LogP contribution in [0.1, 0.15) is 45.1 Å². The van der Waals surface area contributed by atoms with Crippen molar-refractivity contribution in [1.82, 2.24) is 0 Å². The van der Waals surface area contributed by atoms with Gasteiger partial charge in [0.25, 0.3) is 0 Å². The number of aryl methyl sites for hydroxylation is 1. The minimum Gasteiger partial charge on any atom is -0.381 e. The maximum absolute atomic E-state index is 3.70. The van der Waals surface area contributed by atoms with Crippen LogP contribution in [-0.2, 0) is 0 Å². The van der Waals surface area contributed by atoms with Gasteiger partial charge in [0.15, 0.2) is 0 Å². The first-order chi connectivity index (χ1) is 8.56. The Morgan fingerprint density at radius 1 is 1.17 bits per heavy atom. The standard InChI is InChI=1S/C16H24BrN/c1-11(2)13-5-7-14(8-6-13)18-16-10-12(3)4-9-15(16)17/h4,9-11,13-14,18H,5-8H2,1-3H3. The second kappa shape index (κ2) is 6.10. The van der Waals surface area contributed by atoms with Crippen LogP contribution in [0, 0.1) is 18.8 Å². The van der Waals surface area contributed by atoms with Gasteiger partial charge in [-0.1, -0.05) is 19.9 Å². The van der Waals surface area contributed by atoms with Crippen molar-refractivity contribution in [3.05, 3.63) is 28.2 Å². The molecule has 1 aromatic rings. The largest absolute Gasteiger partial charge is 0.381 e. The third-order valence-corrected chi connectivity index (χ3v) is 4.89. The fourth-order valence-corrected chi connectivity index (χ4v) is 3.26. The number of hydrogen-bond acceptors (Lipinski definition) is 1. The van der Waals surface area contributed by atoms with Gasteiger partial charge in [-0.3, -0.25) is 0 Å². The van der Waals surface area contributed by atoms with E-state index in [0.29, 0.717) is 6.04 Å². The van der Waals surface area contributed by atoms with Crippen molar-refractivity contribution in [3.8, 4) is 0 Å². The second-order valence-corrected chi connectivity index (χ2v) is 6.84. The monoisotopic (exact) mass is 309 g/mol. The molecule has 18 heavy (non-hydrogen) atoms. The van der Waals surface area contributed by atoms with E-state index in [1.807, 2.05) is 0 Å². The van der Waals surface area contributed by atoms with Crippen molar-refractivity contribution < 1.29 is 0 Å². The first-order valence-electron chi connectivity index (χ1n) is 7.09. The highest BCUT2D eigenvalue weighted by atomic mass is 79.9. The van der Waals surface area contributed by atoms with Crippen molar-refractivity contribution in [2.75, 3.05) is 5.32 Å². The minimum absolute atomic E-state index is 0.651. The zero-order valence-corrected chi connectivity index (χ0v) is 13.3. The molecule has 0 spiro atoms. The SMILES string of the molecule is Cc1ccc(Br)c(NC2CCC(C(C)C)CC2)c1. The van der Waals surface area contributed by atoms with Crippen LogP contribution < -0.4 is 5.32 Å². The van der Waals surface area contributed by atoms with Crippen molar-refractivity contribution in [2.45, 2.75) is 52.5 Å². The molecule has 2 rings (SSSR count). The van der Waals surface area contributed by atoms with Gasteiger partial charge in [-0.25, -0.2) is 0 Å². The zero-order valence-electron chi connectivity index (χ0n) is 11.7. The number of halogens is 1. The van der Waals surface area contributed by atoms with Gasteiger partial charge in [0.2, 0.25) is 0 Å². The molecule has 0 unspecified atom stereocenters. The molecule has 1 N–H and O–H groups in total. The molecule has 1 saturated carbocycles. The highest BCUT2D eigenvalue weighted by molar-refractivity contribution is 9.10. The summed E-state index contributed by atoms with van der Waals surface area (Å²) in [7, 11) is 0. The molecule has 0 saturated heterocycles. The van der Waals surface area contributed by atoms with Crippen molar-refractivity contribution in [2.24, 2.45) is 11.8 Å². The van der Waals surface area contributed by atoms with Gasteiger partial charge in [-0.15, -0.1) is 0 Å². The second-order valence-electron chi connectivity index (χ2n) is 5.98. The first-order valence-corrected chi connectivity index (χ1v) is 7.88. The lowest BCUT2D eigenvalue weighted by atomic mass is 9.79. The third-order valence-electron chi connectivity index (χ3n) is 4.20. The smallest absolute Gasteiger partial charge is 0.0489 e. The van der Waals surface area contributed by atoms with Gasteiger partial charge in [0, 0.05) is 16.2 Å². The van der Waals surface area contributed by atoms with Crippen LogP contribution in [0.25, 0.3) is 0 Å². The number of nitrogens with one attached hydrogen (secondary N) is 1. The van der Waals surface area contributed by atoms with Crippen molar-refractivity contribution in [3.63, 3.8) is 0 Å². The van der Waals surface area contributed by atoms with Crippen LogP contribution in [0.3, 0.4) is 0 Å². The average Bonchev–Trinajstić information content (AvgIpc) is 2.34. The summed E-state index contributed by atoms with van der Waals surface area (Å²) in [6.45, 7) is 6.86. The van der Waals surface area contributed by atoms with E-state index < -0.39 is 0 Å². The minimum atomic E-state index is 0.651. The van der Waals surface area contributed by atoms with Gasteiger partial charge in [-0.05, 0) is 78.1 Å². The van der Waals surface area contributed by atoms with Crippen LogP contribution >= 0.6 is 15.9 Å². The third kappa shape index (κ3) is 3.50. The number of benzene rings is 1. The Morgan fingerprint density at radius 2 is 1.83 bits per heavy atom. The van der Waals surface area contributed by atoms with Gasteiger partial charge in [0.1, 0.15) is 0 Å². The lowest BCUT2D eigenvalue weighted by molar-refractivity contribution is 0.267. The summed E-state index contributed by atoms with van der Waals surface area (Å²) in [5, 5.41) is 3.70. The van der Waals surface area contributed by atoms with Gasteiger partial charge in [0.05, 0.1) is 0 Å². The normalized spacial score (nSPS) is 24.3. The van der Waals surface area contributed by atoms with E-state index >= 15 is 0 Å². The van der Waals surface area contributed by atoms with E-state index in [1.54, 1.807) is 0 Å². The summed E-state index contributed by atoms with van der Waals surface area (Å²) in [4.78, 5) is 0. The van der Waals surface area contributed by atoms with E-state index in [1.165, 1.54) is 41.4 Å². The predicted octanol–water partition coefficient (Wildman–Crippen LogP) is 5.38. The van der Waals surface area contributed by atoms with Crippen LogP contribution in [0.15, 0.2) is 22.7 Å². The lowest BCUT2D eigenvalue weighted by Crippen LogP contribution is -2.28. The Kier molecular flexibility index (Phi) is 4.71. The molecule has 1 aliphatic carbocycles. The van der Waals surface area contributed by atoms with Crippen LogP contribution in [0.2, 0.25) is 0 Å². The summed E-state index contributed by atoms with van der Waals surface area (Å²) in [6, 6.07) is 7.17. The van der Waals surface area contributed by atoms with Crippen LogP contribution in [0.5, 0.6) is 0 Å². The topological polar surface area (TPSA) is 12.0 Å². The van der Waals surface area contributed by atoms with Gasteiger partial charge >= 0.3 is 0 Å². The predicted molar refractivity (Wildman–Crippen MR) is 83.1 cm³/mol. The molecule has 1 aliphatic rings. The van der Waals surface area contributed by atoms with E-state index in [4.69, 9.17) is 0 Å². The summed E-state index contributed by atoms with van der Waals surface area (Å²) in [5.74, 6) is 1.78. The molecule has 0 heterocycles. The van der Waals surface area contributed by atoms with Crippen molar-refractivity contribution in [1.29, 1.82) is 0 Å². The Labute approximate surface area is 119 Å². The molecule has 0 radical (unpaired) electrons. The number of rotatable bonds is 3. The Balaban J connectivity index is 1.93. The van der Waals surface area contributed by atoms with E-state index in [-0.39, 0.29) is 0 Å². The fraction of sp³-hybridized carbons (Fsp3) is 0.625. The summed E-state index contributed by atoms with van der Waals surface area (Å²) >= 11 is 3.63. The lowest BCUT2D eigenvalue weighted by Gasteiger charge is -2.32. The van der Waals surface area contributed by atoms with E-state index in [2.05, 4.69) is 60.2 Å². The summed E-state index contributed by atoms with van der Waals surface area (Å²) < 4.78 is 1.18. The Bertz CT molecular complexity index is 392.